The van der Waals surface area contributed by atoms with E-state index in [1.165, 1.54) is 132 Å². The Morgan fingerprint density at radius 1 is 0.276 bits per heavy atom. The molecule has 0 unspecified atom stereocenters. The molecule has 0 saturated heterocycles. The van der Waals surface area contributed by atoms with Crippen LogP contribution in [0.4, 0.5) is 0 Å². The molecule has 58 heavy (non-hydrogen) atoms. The lowest BCUT2D eigenvalue weighted by atomic mass is 9.88. The fourth-order valence-electron chi connectivity index (χ4n) is 12.0. The third kappa shape index (κ3) is 3.37. The van der Waals surface area contributed by atoms with Crippen LogP contribution in [0.1, 0.15) is 45.2 Å². The Bertz CT molecular complexity index is 3580. The SMILES string of the molecule is c1ccc2c(c1)-c1ccccc1C2c1ccc2c3c4c5ccccc5n5c6cc(C7c8ccccc8-c8ccccc87)ccc6c(c6c7ccccc7n(c2c1)c63)c45. The molecule has 9 aromatic carbocycles. The monoisotopic (exact) mass is 732 g/mol. The van der Waals surface area contributed by atoms with E-state index in [2.05, 4.69) is 191 Å². The molecule has 2 aliphatic rings. The van der Waals surface area contributed by atoms with Gasteiger partial charge in [0.2, 0.25) is 0 Å². The molecule has 4 heterocycles. The van der Waals surface area contributed by atoms with Crippen molar-refractivity contribution >= 4 is 76.2 Å². The van der Waals surface area contributed by atoms with Gasteiger partial charge in [-0.15, -0.1) is 0 Å². The first kappa shape index (κ1) is 29.8. The van der Waals surface area contributed by atoms with Crippen LogP contribution in [0.5, 0.6) is 0 Å². The second-order valence-corrected chi connectivity index (χ2v) is 16.7. The summed E-state index contributed by atoms with van der Waals surface area (Å²) >= 11 is 0. The highest BCUT2D eigenvalue weighted by Gasteiger charge is 2.34. The molecule has 2 aliphatic carbocycles. The topological polar surface area (TPSA) is 8.82 Å². The molecule has 0 saturated carbocycles. The second-order valence-electron chi connectivity index (χ2n) is 16.7. The lowest BCUT2D eigenvalue weighted by Gasteiger charge is -2.15. The van der Waals surface area contributed by atoms with Crippen molar-refractivity contribution in [1.82, 2.24) is 8.80 Å². The van der Waals surface area contributed by atoms with Gasteiger partial charge < -0.3 is 8.80 Å². The van der Waals surface area contributed by atoms with E-state index in [1.54, 1.807) is 0 Å². The van der Waals surface area contributed by atoms with Gasteiger partial charge in [0.15, 0.2) is 0 Å². The summed E-state index contributed by atoms with van der Waals surface area (Å²) < 4.78 is 5.21. The van der Waals surface area contributed by atoms with Crippen LogP contribution in [-0.4, -0.2) is 8.80 Å². The van der Waals surface area contributed by atoms with Gasteiger partial charge in [0, 0.05) is 54.9 Å². The van der Waals surface area contributed by atoms with Gasteiger partial charge in [-0.05, 0) is 79.9 Å². The molecule has 0 amide bonds. The summed E-state index contributed by atoms with van der Waals surface area (Å²) in [5.41, 5.74) is 21.4. The van der Waals surface area contributed by atoms with E-state index in [-0.39, 0.29) is 11.8 Å². The highest BCUT2D eigenvalue weighted by Crippen LogP contribution is 2.54. The number of benzene rings is 9. The number of hydrogen-bond donors (Lipinski definition) is 0. The van der Waals surface area contributed by atoms with Crippen molar-refractivity contribution in [2.24, 2.45) is 0 Å². The third-order valence-electron chi connectivity index (χ3n) is 14.1. The summed E-state index contributed by atoms with van der Waals surface area (Å²) in [7, 11) is 0. The fourth-order valence-corrected chi connectivity index (χ4v) is 12.0. The minimum atomic E-state index is 0.190. The Hall–Kier alpha value is -7.42. The Morgan fingerprint density at radius 2 is 0.586 bits per heavy atom. The van der Waals surface area contributed by atoms with Crippen LogP contribution in [0, 0.1) is 0 Å². The van der Waals surface area contributed by atoms with Gasteiger partial charge in [-0.1, -0.05) is 158 Å². The van der Waals surface area contributed by atoms with E-state index in [0.717, 1.165) is 0 Å². The van der Waals surface area contributed by atoms with Gasteiger partial charge in [-0.3, -0.25) is 0 Å². The second kappa shape index (κ2) is 10.3. The Kier molecular flexibility index (Phi) is 5.29. The number of rotatable bonds is 2. The summed E-state index contributed by atoms with van der Waals surface area (Å²) in [6.45, 7) is 0. The molecule has 0 fully saturated rings. The molecular weight excluding hydrogens is 701 g/mol. The number of aromatic nitrogens is 2. The van der Waals surface area contributed by atoms with Crippen LogP contribution in [0.3, 0.4) is 0 Å². The predicted molar refractivity (Wildman–Crippen MR) is 241 cm³/mol. The van der Waals surface area contributed by atoms with Crippen LogP contribution in [0.25, 0.3) is 98.4 Å². The van der Waals surface area contributed by atoms with Crippen molar-refractivity contribution in [2.75, 3.05) is 0 Å². The maximum atomic E-state index is 2.60. The molecule has 0 aliphatic heterocycles. The maximum Gasteiger partial charge on any atom is 0.0634 e. The number of fused-ring (bicyclic) bond motifs is 20. The minimum Gasteiger partial charge on any atom is -0.308 e. The smallest absolute Gasteiger partial charge is 0.0634 e. The van der Waals surface area contributed by atoms with E-state index in [0.29, 0.717) is 0 Å². The van der Waals surface area contributed by atoms with E-state index in [9.17, 15) is 0 Å². The molecule has 2 heteroatoms. The van der Waals surface area contributed by atoms with Crippen molar-refractivity contribution in [1.29, 1.82) is 0 Å². The summed E-state index contributed by atoms with van der Waals surface area (Å²) in [5, 5.41) is 10.7. The van der Waals surface area contributed by atoms with E-state index >= 15 is 0 Å². The average molecular weight is 733 g/mol. The molecule has 2 nitrogen and oxygen atoms in total. The molecule has 0 atom stereocenters. The minimum absolute atomic E-state index is 0.190. The van der Waals surface area contributed by atoms with Crippen molar-refractivity contribution in [3.63, 3.8) is 0 Å². The van der Waals surface area contributed by atoms with Gasteiger partial charge in [-0.2, -0.15) is 0 Å². The van der Waals surface area contributed by atoms with Gasteiger partial charge >= 0.3 is 0 Å². The molecule has 15 rings (SSSR count). The first-order valence-corrected chi connectivity index (χ1v) is 20.5. The van der Waals surface area contributed by atoms with Crippen LogP contribution in [-0.2, 0) is 0 Å². The lowest BCUT2D eigenvalue weighted by Crippen LogP contribution is -1.99. The Morgan fingerprint density at radius 3 is 0.966 bits per heavy atom. The Balaban J connectivity index is 1.08. The van der Waals surface area contributed by atoms with Crippen LogP contribution >= 0.6 is 0 Å². The first-order valence-electron chi connectivity index (χ1n) is 20.5. The molecule has 4 aromatic heterocycles. The molecule has 0 radical (unpaired) electrons. The lowest BCUT2D eigenvalue weighted by molar-refractivity contribution is 1.02. The van der Waals surface area contributed by atoms with Crippen LogP contribution < -0.4 is 0 Å². The maximum absolute atomic E-state index is 2.60. The van der Waals surface area contributed by atoms with Crippen molar-refractivity contribution in [2.45, 2.75) is 11.8 Å². The standard InChI is InChI=1S/C56H32N2/c1-5-17-37-33(13-1)34-14-2-6-18-38(34)49(37)31-25-27-43-47(29-31)57-45-23-11-9-21-41(45)52-54-44-28-26-32(50-39-19-7-3-15-35(39)36-16-4-8-20-40(36)50)30-48(44)58-46-24-12-10-22-42(46)51(56(54)58)53(43)55(52)57/h1-30,49-50H. The summed E-state index contributed by atoms with van der Waals surface area (Å²) in [6.07, 6.45) is 0. The summed E-state index contributed by atoms with van der Waals surface area (Å²) in [6, 6.07) is 68.9. The molecule has 0 N–H and O–H groups in total. The molecular formula is C56H32N2. The third-order valence-corrected chi connectivity index (χ3v) is 14.1. The van der Waals surface area contributed by atoms with Crippen LogP contribution in [0.15, 0.2) is 182 Å². The molecule has 13 aromatic rings. The van der Waals surface area contributed by atoms with Crippen molar-refractivity contribution < 1.29 is 0 Å². The highest BCUT2D eigenvalue weighted by atomic mass is 14.9. The Labute approximate surface area is 333 Å². The largest absolute Gasteiger partial charge is 0.308 e. The number of nitrogens with zero attached hydrogens (tertiary/aromatic N) is 2. The highest BCUT2D eigenvalue weighted by molar-refractivity contribution is 6.45. The quantitative estimate of drug-likeness (QED) is 0.167. The fraction of sp³-hybridized carbons (Fsp3) is 0.0357. The van der Waals surface area contributed by atoms with Gasteiger partial charge in [-0.25, -0.2) is 0 Å². The van der Waals surface area contributed by atoms with E-state index < -0.39 is 0 Å². The molecule has 0 bridgehead atoms. The summed E-state index contributed by atoms with van der Waals surface area (Å²) in [4.78, 5) is 0. The van der Waals surface area contributed by atoms with Gasteiger partial charge in [0.25, 0.3) is 0 Å². The van der Waals surface area contributed by atoms with Gasteiger partial charge in [0.1, 0.15) is 0 Å². The number of hydrogen-bond acceptors (Lipinski definition) is 0. The van der Waals surface area contributed by atoms with E-state index in [1.807, 2.05) is 0 Å². The normalized spacial score (nSPS) is 14.1. The zero-order chi connectivity index (χ0) is 37.4. The summed E-state index contributed by atoms with van der Waals surface area (Å²) in [5.74, 6) is 0.380. The van der Waals surface area contributed by atoms with Gasteiger partial charge in [0.05, 0.1) is 33.1 Å². The predicted octanol–water partition coefficient (Wildman–Crippen LogP) is 14.3. The molecule has 0 spiro atoms. The van der Waals surface area contributed by atoms with E-state index in [4.69, 9.17) is 0 Å². The number of para-hydroxylation sites is 2. The first-order chi connectivity index (χ1) is 28.8. The zero-order valence-electron chi connectivity index (χ0n) is 31.4. The molecule has 266 valence electrons. The van der Waals surface area contributed by atoms with Crippen molar-refractivity contribution in [3.05, 3.63) is 215 Å². The average Bonchev–Trinajstić information content (AvgIpc) is 4.11. The zero-order valence-corrected chi connectivity index (χ0v) is 31.4. The van der Waals surface area contributed by atoms with Crippen LogP contribution in [0.2, 0.25) is 0 Å². The van der Waals surface area contributed by atoms with Crippen molar-refractivity contribution in [3.8, 4) is 22.3 Å².